The van der Waals surface area contributed by atoms with E-state index in [2.05, 4.69) is 19.2 Å². The van der Waals surface area contributed by atoms with Crippen molar-refractivity contribution in [2.24, 2.45) is 17.8 Å². The number of methoxy groups -OCH3 is 1. The highest BCUT2D eigenvalue weighted by Gasteiger charge is 2.52. The van der Waals surface area contributed by atoms with Gasteiger partial charge in [-0.3, -0.25) is 9.59 Å². The first-order valence-corrected chi connectivity index (χ1v) is 18.1. The van der Waals surface area contributed by atoms with Crippen LogP contribution in [0.1, 0.15) is 106 Å². The van der Waals surface area contributed by atoms with E-state index >= 15 is 0 Å². The Balaban J connectivity index is 1.80. The van der Waals surface area contributed by atoms with E-state index in [0.717, 1.165) is 37.7 Å². The lowest BCUT2D eigenvalue weighted by Crippen LogP contribution is -2.42. The molecule has 1 saturated heterocycles. The van der Waals surface area contributed by atoms with Crippen LogP contribution in [0.5, 0.6) is 0 Å². The van der Waals surface area contributed by atoms with Gasteiger partial charge in [0.2, 0.25) is 0 Å². The van der Waals surface area contributed by atoms with E-state index in [0.29, 0.717) is 0 Å². The largest absolute Gasteiger partial charge is 0.457 e. The molecule has 278 valence electrons. The van der Waals surface area contributed by atoms with Crippen molar-refractivity contribution in [3.63, 3.8) is 0 Å². The van der Waals surface area contributed by atoms with Crippen LogP contribution in [0.25, 0.3) is 0 Å². The molecule has 2 aliphatic heterocycles. The number of amides is 1. The Labute approximate surface area is 292 Å². The first-order chi connectivity index (χ1) is 23.2. The fourth-order valence-corrected chi connectivity index (χ4v) is 7.05. The first-order valence-electron chi connectivity index (χ1n) is 18.1. The summed E-state index contributed by atoms with van der Waals surface area (Å²) in [6.07, 6.45) is 11.2. The number of epoxide rings is 1. The zero-order valence-corrected chi connectivity index (χ0v) is 30.8. The third-order valence-electron chi connectivity index (χ3n) is 10.2. The van der Waals surface area contributed by atoms with Crippen LogP contribution in [0, 0.1) is 17.8 Å². The van der Waals surface area contributed by atoms with Crippen LogP contribution in [0.3, 0.4) is 0 Å². The molecule has 11 unspecified atom stereocenters. The minimum atomic E-state index is -1.44. The van der Waals surface area contributed by atoms with Crippen LogP contribution in [0.15, 0.2) is 36.0 Å². The Bertz CT molecular complexity index is 1170. The van der Waals surface area contributed by atoms with E-state index in [1.165, 1.54) is 13.3 Å². The number of alkyl carbamates (subject to hydrolysis) is 1. The molecule has 1 amide bonds. The first kappa shape index (κ1) is 40.7. The average Bonchev–Trinajstić information content (AvgIpc) is 3.84. The van der Waals surface area contributed by atoms with Gasteiger partial charge < -0.3 is 39.2 Å². The maximum absolute atomic E-state index is 13.1. The van der Waals surface area contributed by atoms with Gasteiger partial charge in [-0.1, -0.05) is 71.3 Å². The minimum absolute atomic E-state index is 0.0318. The second-order valence-electron chi connectivity index (χ2n) is 14.5. The SMILES string of the molecule is CCC(OC)C(C)C1OC1C(OC(=O)NC1CCCCC1)C(C)/C=C/C=C(\C)C1OC(=O)CC(O)CCC(C)(O)C(OC(C)=O)/C=C/C1C. The number of ether oxygens (including phenoxy) is 5. The van der Waals surface area contributed by atoms with E-state index < -0.39 is 48.0 Å². The van der Waals surface area contributed by atoms with Crippen molar-refractivity contribution >= 4 is 18.0 Å². The third kappa shape index (κ3) is 12.5. The molecule has 0 aromatic heterocycles. The Kier molecular flexibility index (Phi) is 15.8. The highest BCUT2D eigenvalue weighted by Crippen LogP contribution is 2.39. The van der Waals surface area contributed by atoms with E-state index in [4.69, 9.17) is 23.7 Å². The number of nitrogens with one attached hydrogen (secondary N) is 1. The third-order valence-corrected chi connectivity index (χ3v) is 10.2. The molecule has 0 aromatic rings. The molecule has 1 aliphatic carbocycles. The standard InChI is InChI=1S/C38H61NO10/c1-9-30(45-8)26(5)35-36(48-35)34(49-37(43)39-28-16-11-10-12-17-28)24(3)15-13-14-23(2)33-25(4)18-19-31(46-27(6)40)38(7,44)21-20-29(41)22-32(42)47-33/h13-15,18-19,24-26,28-31,33-36,41,44H,9-12,16-17,20-22H2,1-8H3,(H,39,43)/b15-13+,19-18+,23-14+. The number of allylic oxidation sites excluding steroid dienone is 2. The predicted molar refractivity (Wildman–Crippen MR) is 185 cm³/mol. The number of hydrogen-bond acceptors (Lipinski definition) is 10. The Morgan fingerprint density at radius 3 is 2.45 bits per heavy atom. The molecule has 11 atom stereocenters. The van der Waals surface area contributed by atoms with Gasteiger partial charge in [0.1, 0.15) is 30.0 Å². The number of esters is 2. The number of rotatable bonds is 12. The zero-order chi connectivity index (χ0) is 36.3. The number of hydrogen-bond donors (Lipinski definition) is 3. The molecule has 0 spiro atoms. The number of aliphatic hydroxyl groups is 2. The molecular weight excluding hydrogens is 630 g/mol. The summed E-state index contributed by atoms with van der Waals surface area (Å²) in [6, 6.07) is 0.118. The topological polar surface area (TPSA) is 153 Å². The lowest BCUT2D eigenvalue weighted by atomic mass is 9.88. The molecular formula is C38H61NO10. The lowest BCUT2D eigenvalue weighted by molar-refractivity contribution is -0.157. The van der Waals surface area contributed by atoms with Gasteiger partial charge in [-0.2, -0.15) is 0 Å². The molecule has 1 saturated carbocycles. The highest BCUT2D eigenvalue weighted by molar-refractivity contribution is 5.70. The number of aliphatic hydroxyl groups excluding tert-OH is 1. The molecule has 0 bridgehead atoms. The molecule has 11 heteroatoms. The Morgan fingerprint density at radius 2 is 1.82 bits per heavy atom. The predicted octanol–water partition coefficient (Wildman–Crippen LogP) is 5.71. The molecule has 49 heavy (non-hydrogen) atoms. The molecule has 3 N–H and O–H groups in total. The summed E-state index contributed by atoms with van der Waals surface area (Å²) in [5.74, 6) is -1.53. The van der Waals surface area contributed by atoms with Crippen molar-refractivity contribution in [1.82, 2.24) is 5.32 Å². The fourth-order valence-electron chi connectivity index (χ4n) is 7.05. The van der Waals surface area contributed by atoms with Crippen molar-refractivity contribution in [1.29, 1.82) is 0 Å². The fraction of sp³-hybridized carbons (Fsp3) is 0.763. The van der Waals surface area contributed by atoms with Gasteiger partial charge in [-0.05, 0) is 57.6 Å². The van der Waals surface area contributed by atoms with E-state index in [1.54, 1.807) is 26.2 Å². The normalized spacial score (nSPS) is 33.6. The summed E-state index contributed by atoms with van der Waals surface area (Å²) < 4.78 is 29.2. The van der Waals surface area contributed by atoms with Crippen molar-refractivity contribution in [2.75, 3.05) is 7.11 Å². The summed E-state index contributed by atoms with van der Waals surface area (Å²) in [6.45, 7) is 12.7. The molecule has 11 nitrogen and oxygen atoms in total. The molecule has 3 aliphatic rings. The van der Waals surface area contributed by atoms with Crippen molar-refractivity contribution < 1.29 is 48.3 Å². The van der Waals surface area contributed by atoms with Crippen LogP contribution in [-0.4, -0.2) is 89.7 Å². The molecule has 3 rings (SSSR count). The zero-order valence-electron chi connectivity index (χ0n) is 30.8. The summed E-state index contributed by atoms with van der Waals surface area (Å²) in [5, 5.41) is 24.6. The second-order valence-corrected chi connectivity index (χ2v) is 14.5. The lowest BCUT2D eigenvalue weighted by Gasteiger charge is -2.32. The number of carbonyl (C=O) groups excluding carboxylic acids is 3. The molecule has 2 heterocycles. The monoisotopic (exact) mass is 691 g/mol. The van der Waals surface area contributed by atoms with E-state index in [-0.39, 0.29) is 61.4 Å². The van der Waals surface area contributed by atoms with Crippen LogP contribution in [0.4, 0.5) is 4.79 Å². The van der Waals surface area contributed by atoms with Gasteiger partial charge in [0.15, 0.2) is 0 Å². The molecule has 0 aromatic carbocycles. The average molecular weight is 692 g/mol. The van der Waals surface area contributed by atoms with Crippen LogP contribution in [-0.2, 0) is 33.3 Å². The molecule has 0 radical (unpaired) electrons. The summed E-state index contributed by atoms with van der Waals surface area (Å²) in [4.78, 5) is 37.7. The number of carbonyl (C=O) groups is 3. The van der Waals surface area contributed by atoms with Gasteiger partial charge in [-0.25, -0.2) is 4.79 Å². The Hall–Kier alpha value is -2.73. The summed E-state index contributed by atoms with van der Waals surface area (Å²) in [5.41, 5.74) is -0.705. The van der Waals surface area contributed by atoms with Gasteiger partial charge in [-0.15, -0.1) is 0 Å². The van der Waals surface area contributed by atoms with Gasteiger partial charge in [0, 0.05) is 37.8 Å². The van der Waals surface area contributed by atoms with Crippen LogP contribution < -0.4 is 5.32 Å². The Morgan fingerprint density at radius 1 is 1.12 bits per heavy atom. The van der Waals surface area contributed by atoms with Gasteiger partial charge >= 0.3 is 18.0 Å². The minimum Gasteiger partial charge on any atom is -0.457 e. The van der Waals surface area contributed by atoms with Crippen LogP contribution >= 0.6 is 0 Å². The maximum atomic E-state index is 13.1. The molecule has 2 fully saturated rings. The second kappa shape index (κ2) is 19.0. The van der Waals surface area contributed by atoms with E-state index in [9.17, 15) is 24.6 Å². The van der Waals surface area contributed by atoms with Gasteiger partial charge in [0.05, 0.1) is 24.7 Å². The van der Waals surface area contributed by atoms with Crippen molar-refractivity contribution in [3.8, 4) is 0 Å². The van der Waals surface area contributed by atoms with Crippen LogP contribution in [0.2, 0.25) is 0 Å². The highest BCUT2D eigenvalue weighted by atomic mass is 16.6. The van der Waals surface area contributed by atoms with E-state index in [1.807, 2.05) is 39.0 Å². The quantitative estimate of drug-likeness (QED) is 0.0763. The van der Waals surface area contributed by atoms with Crippen molar-refractivity contribution in [3.05, 3.63) is 36.0 Å². The van der Waals surface area contributed by atoms with Crippen molar-refractivity contribution in [2.45, 2.75) is 161 Å². The smallest absolute Gasteiger partial charge is 0.407 e. The maximum Gasteiger partial charge on any atom is 0.407 e. The summed E-state index contributed by atoms with van der Waals surface area (Å²) >= 11 is 0. The number of cyclic esters (lactones) is 1. The summed E-state index contributed by atoms with van der Waals surface area (Å²) in [7, 11) is 1.70. The van der Waals surface area contributed by atoms with Gasteiger partial charge in [0.25, 0.3) is 0 Å².